The summed E-state index contributed by atoms with van der Waals surface area (Å²) in [6.07, 6.45) is 2.64. The first-order valence-electron chi connectivity index (χ1n) is 3.72. The van der Waals surface area contributed by atoms with Crippen LogP contribution in [0.5, 0.6) is 0 Å². The van der Waals surface area contributed by atoms with E-state index in [0.29, 0.717) is 16.8 Å². The number of amides is 2. The number of nitrogens with one attached hydrogen (secondary N) is 1. The second-order valence-corrected chi connectivity index (χ2v) is 2.66. The molecule has 0 aromatic rings. The van der Waals surface area contributed by atoms with Gasteiger partial charge in [-0.3, -0.25) is 9.59 Å². The van der Waals surface area contributed by atoms with E-state index in [1.807, 2.05) is 0 Å². The summed E-state index contributed by atoms with van der Waals surface area (Å²) >= 11 is 0. The number of carbonyl (C=O) groups excluding carboxylic acids is 2. The monoisotopic (exact) mass is 178 g/mol. The zero-order valence-corrected chi connectivity index (χ0v) is 7.26. The Kier molecular flexibility index (Phi) is 2.32. The largest absolute Gasteiger partial charge is 0.366 e. The van der Waals surface area contributed by atoms with Crippen molar-refractivity contribution in [1.82, 2.24) is 5.32 Å². The standard InChI is InChI=1S/C9H10N2O2/c1-3-6-5(2)7(4-8(10)12)11-9(6)13/h3-4H,1H2,2H3,(H2,10,12)(H,11,13). The van der Waals surface area contributed by atoms with Gasteiger partial charge in [-0.25, -0.2) is 0 Å². The molecule has 1 aliphatic heterocycles. The van der Waals surface area contributed by atoms with E-state index in [0.717, 1.165) is 0 Å². The minimum Gasteiger partial charge on any atom is -0.366 e. The summed E-state index contributed by atoms with van der Waals surface area (Å²) in [6, 6.07) is 0. The van der Waals surface area contributed by atoms with Crippen LogP contribution in [0, 0.1) is 0 Å². The second-order valence-electron chi connectivity index (χ2n) is 2.66. The Hall–Kier alpha value is -1.84. The number of primary amides is 1. The summed E-state index contributed by atoms with van der Waals surface area (Å²) in [4.78, 5) is 21.7. The maximum Gasteiger partial charge on any atom is 0.255 e. The molecular formula is C9H10N2O2. The number of nitrogens with two attached hydrogens (primary N) is 1. The Morgan fingerprint density at radius 1 is 1.62 bits per heavy atom. The normalized spacial score (nSPS) is 19.2. The van der Waals surface area contributed by atoms with Gasteiger partial charge in [0.1, 0.15) is 0 Å². The van der Waals surface area contributed by atoms with Crippen molar-refractivity contribution in [2.45, 2.75) is 6.92 Å². The van der Waals surface area contributed by atoms with Gasteiger partial charge in [0.2, 0.25) is 5.91 Å². The van der Waals surface area contributed by atoms with Crippen molar-refractivity contribution in [1.29, 1.82) is 0 Å². The van der Waals surface area contributed by atoms with Gasteiger partial charge in [0.05, 0.1) is 5.70 Å². The minimum absolute atomic E-state index is 0.250. The molecular weight excluding hydrogens is 168 g/mol. The van der Waals surface area contributed by atoms with Crippen LogP contribution in [0.4, 0.5) is 0 Å². The van der Waals surface area contributed by atoms with Gasteiger partial charge in [-0.15, -0.1) is 0 Å². The molecule has 3 N–H and O–H groups in total. The SMILES string of the molecule is C=CC1=C(C)C(=CC(N)=O)NC1=O. The summed E-state index contributed by atoms with van der Waals surface area (Å²) in [6.45, 7) is 5.22. The van der Waals surface area contributed by atoms with Crippen LogP contribution in [0.3, 0.4) is 0 Å². The lowest BCUT2D eigenvalue weighted by Gasteiger charge is -1.96. The minimum atomic E-state index is -0.583. The van der Waals surface area contributed by atoms with Crippen molar-refractivity contribution < 1.29 is 9.59 Å². The molecule has 1 rings (SSSR count). The van der Waals surface area contributed by atoms with Gasteiger partial charge in [0.15, 0.2) is 0 Å². The van der Waals surface area contributed by atoms with E-state index < -0.39 is 5.91 Å². The summed E-state index contributed by atoms with van der Waals surface area (Å²) in [5.74, 6) is -0.833. The first-order valence-corrected chi connectivity index (χ1v) is 3.72. The van der Waals surface area contributed by atoms with Crippen molar-refractivity contribution in [3.05, 3.63) is 35.6 Å². The highest BCUT2D eigenvalue weighted by Gasteiger charge is 2.21. The topological polar surface area (TPSA) is 72.2 Å². The molecule has 0 unspecified atom stereocenters. The average molecular weight is 178 g/mol. The molecule has 2 amide bonds. The summed E-state index contributed by atoms with van der Waals surface area (Å²) in [7, 11) is 0. The Morgan fingerprint density at radius 3 is 2.62 bits per heavy atom. The van der Waals surface area contributed by atoms with E-state index in [1.165, 1.54) is 12.2 Å². The molecule has 68 valence electrons. The quantitative estimate of drug-likeness (QED) is 0.583. The molecule has 1 heterocycles. The summed E-state index contributed by atoms with van der Waals surface area (Å²) in [5, 5.41) is 2.51. The lowest BCUT2D eigenvalue weighted by molar-refractivity contribution is -0.115. The summed E-state index contributed by atoms with van der Waals surface area (Å²) < 4.78 is 0. The predicted molar refractivity (Wildman–Crippen MR) is 48.3 cm³/mol. The molecule has 4 heteroatoms. The van der Waals surface area contributed by atoms with Crippen LogP contribution >= 0.6 is 0 Å². The zero-order chi connectivity index (χ0) is 10.0. The van der Waals surface area contributed by atoms with Crippen LogP contribution in [0.2, 0.25) is 0 Å². The van der Waals surface area contributed by atoms with Crippen LogP contribution in [0.25, 0.3) is 0 Å². The van der Waals surface area contributed by atoms with E-state index in [1.54, 1.807) is 6.92 Å². The molecule has 0 spiro atoms. The Bertz CT molecular complexity index is 351. The Morgan fingerprint density at radius 2 is 2.23 bits per heavy atom. The highest BCUT2D eigenvalue weighted by molar-refractivity contribution is 6.04. The van der Waals surface area contributed by atoms with Crippen LogP contribution < -0.4 is 11.1 Å². The Balaban J connectivity index is 3.11. The van der Waals surface area contributed by atoms with Crippen LogP contribution in [0.15, 0.2) is 35.6 Å². The van der Waals surface area contributed by atoms with Crippen LogP contribution in [-0.2, 0) is 9.59 Å². The van der Waals surface area contributed by atoms with Crippen molar-refractivity contribution in [2.75, 3.05) is 0 Å². The number of hydrogen-bond acceptors (Lipinski definition) is 2. The third-order valence-electron chi connectivity index (χ3n) is 1.79. The fraction of sp³-hybridized carbons (Fsp3) is 0.111. The highest BCUT2D eigenvalue weighted by atomic mass is 16.2. The number of rotatable bonds is 2. The molecule has 0 aliphatic carbocycles. The number of carbonyl (C=O) groups is 2. The van der Waals surface area contributed by atoms with Gasteiger partial charge in [-0.1, -0.05) is 12.7 Å². The first kappa shape index (κ1) is 9.25. The third-order valence-corrected chi connectivity index (χ3v) is 1.79. The van der Waals surface area contributed by atoms with Gasteiger partial charge in [-0.2, -0.15) is 0 Å². The van der Waals surface area contributed by atoms with Gasteiger partial charge in [-0.05, 0) is 12.5 Å². The molecule has 0 aromatic heterocycles. The molecule has 0 radical (unpaired) electrons. The summed E-state index contributed by atoms with van der Waals surface area (Å²) in [5.41, 5.74) is 6.58. The lowest BCUT2D eigenvalue weighted by Crippen LogP contribution is -2.18. The van der Waals surface area contributed by atoms with E-state index in [2.05, 4.69) is 11.9 Å². The predicted octanol–water partition coefficient (Wildman–Crippen LogP) is -0.0121. The smallest absolute Gasteiger partial charge is 0.255 e. The van der Waals surface area contributed by atoms with Crippen LogP contribution in [0.1, 0.15) is 6.92 Å². The molecule has 0 fully saturated rings. The van der Waals surface area contributed by atoms with Gasteiger partial charge >= 0.3 is 0 Å². The molecule has 4 nitrogen and oxygen atoms in total. The fourth-order valence-electron chi connectivity index (χ4n) is 1.13. The molecule has 1 aliphatic rings. The van der Waals surface area contributed by atoms with Crippen molar-refractivity contribution >= 4 is 11.8 Å². The van der Waals surface area contributed by atoms with Crippen molar-refractivity contribution in [3.63, 3.8) is 0 Å². The molecule has 0 saturated heterocycles. The van der Waals surface area contributed by atoms with E-state index in [4.69, 9.17) is 5.73 Å². The maximum atomic E-state index is 11.2. The first-order chi connectivity index (χ1) is 6.06. The molecule has 0 saturated carbocycles. The average Bonchev–Trinajstić information content (AvgIpc) is 2.26. The van der Waals surface area contributed by atoms with Crippen molar-refractivity contribution in [3.8, 4) is 0 Å². The zero-order valence-electron chi connectivity index (χ0n) is 7.26. The van der Waals surface area contributed by atoms with E-state index in [9.17, 15) is 9.59 Å². The second kappa shape index (κ2) is 3.26. The fourth-order valence-corrected chi connectivity index (χ4v) is 1.13. The van der Waals surface area contributed by atoms with E-state index >= 15 is 0 Å². The highest BCUT2D eigenvalue weighted by Crippen LogP contribution is 2.19. The molecule has 0 atom stereocenters. The number of hydrogen-bond donors (Lipinski definition) is 2. The number of allylic oxidation sites excluding steroid dienone is 1. The lowest BCUT2D eigenvalue weighted by atomic mass is 10.1. The molecule has 0 bridgehead atoms. The van der Waals surface area contributed by atoms with Gasteiger partial charge in [0, 0.05) is 11.6 Å². The third kappa shape index (κ3) is 1.66. The van der Waals surface area contributed by atoms with Crippen molar-refractivity contribution in [2.24, 2.45) is 5.73 Å². The van der Waals surface area contributed by atoms with Gasteiger partial charge in [0.25, 0.3) is 5.91 Å². The Labute approximate surface area is 75.8 Å². The maximum absolute atomic E-state index is 11.2. The molecule has 13 heavy (non-hydrogen) atoms. The molecule has 0 aromatic carbocycles. The van der Waals surface area contributed by atoms with Gasteiger partial charge < -0.3 is 11.1 Å². The van der Waals surface area contributed by atoms with Crippen LogP contribution in [-0.4, -0.2) is 11.8 Å². The van der Waals surface area contributed by atoms with E-state index in [-0.39, 0.29) is 5.91 Å².